The van der Waals surface area contributed by atoms with Crippen LogP contribution in [0, 0.1) is 5.92 Å². The van der Waals surface area contributed by atoms with Gasteiger partial charge in [-0.05, 0) is 19.3 Å². The van der Waals surface area contributed by atoms with Crippen molar-refractivity contribution >= 4 is 11.8 Å². The number of amides is 2. The molecule has 0 spiro atoms. The first kappa shape index (κ1) is 16.8. The van der Waals surface area contributed by atoms with Gasteiger partial charge in [0.25, 0.3) is 0 Å². The number of nitrogens with zero attached hydrogens (tertiary/aromatic N) is 3. The Morgan fingerprint density at radius 2 is 2.04 bits per heavy atom. The number of nitrogens with one attached hydrogen (secondary N) is 1. The predicted molar refractivity (Wildman–Crippen MR) is 93.9 cm³/mol. The summed E-state index contributed by atoms with van der Waals surface area (Å²) in [4.78, 5) is 30.6. The molecule has 1 saturated heterocycles. The Morgan fingerprint density at radius 3 is 2.81 bits per heavy atom. The third-order valence-electron chi connectivity index (χ3n) is 4.94. The van der Waals surface area contributed by atoms with Crippen LogP contribution >= 0.6 is 0 Å². The second-order valence-corrected chi connectivity index (χ2v) is 6.93. The molecule has 1 aromatic heterocycles. The quantitative estimate of drug-likeness (QED) is 0.854. The second kappa shape index (κ2) is 7.27. The minimum Gasteiger partial charge on any atom is -0.355 e. The summed E-state index contributed by atoms with van der Waals surface area (Å²) in [6, 6.07) is 9.99. The molecule has 136 valence electrons. The van der Waals surface area contributed by atoms with Crippen LogP contribution in [0.1, 0.15) is 31.6 Å². The van der Waals surface area contributed by atoms with Gasteiger partial charge >= 0.3 is 0 Å². The Bertz CT molecular complexity index is 785. The largest absolute Gasteiger partial charge is 0.355 e. The molecule has 2 aromatic rings. The summed E-state index contributed by atoms with van der Waals surface area (Å²) in [5, 5.41) is 6.92. The van der Waals surface area contributed by atoms with Crippen molar-refractivity contribution in [1.29, 1.82) is 0 Å². The van der Waals surface area contributed by atoms with E-state index in [0.717, 1.165) is 18.4 Å². The van der Waals surface area contributed by atoms with E-state index in [2.05, 4.69) is 15.5 Å². The first-order valence-corrected chi connectivity index (χ1v) is 9.16. The van der Waals surface area contributed by atoms with Gasteiger partial charge in [0.1, 0.15) is 0 Å². The van der Waals surface area contributed by atoms with E-state index < -0.39 is 0 Å². The molecule has 26 heavy (non-hydrogen) atoms. The number of hydrogen-bond donors (Lipinski definition) is 1. The van der Waals surface area contributed by atoms with Crippen LogP contribution in [-0.2, 0) is 16.0 Å². The van der Waals surface area contributed by atoms with Gasteiger partial charge in [0, 0.05) is 37.5 Å². The van der Waals surface area contributed by atoms with Gasteiger partial charge in [-0.15, -0.1) is 0 Å². The molecular formula is C19H22N4O3. The molecule has 0 unspecified atom stereocenters. The standard InChI is InChI=1S/C19H22N4O3/c24-17-9-6-14(12-23(17)15-7-8-15)19(25)20-11-10-16-21-18(22-26-16)13-4-2-1-3-5-13/h1-5,14-15H,6-12H2,(H,20,25)/t14-/m1/s1. The Balaban J connectivity index is 1.26. The molecule has 2 aliphatic rings. The highest BCUT2D eigenvalue weighted by Crippen LogP contribution is 2.31. The van der Waals surface area contributed by atoms with Gasteiger partial charge in [0.05, 0.1) is 5.92 Å². The fourth-order valence-corrected chi connectivity index (χ4v) is 3.32. The van der Waals surface area contributed by atoms with Crippen molar-refractivity contribution in [1.82, 2.24) is 20.4 Å². The molecule has 7 nitrogen and oxygen atoms in total. The molecule has 1 atom stereocenters. The fourth-order valence-electron chi connectivity index (χ4n) is 3.32. The van der Waals surface area contributed by atoms with Crippen LogP contribution < -0.4 is 5.32 Å². The number of likely N-dealkylation sites (tertiary alicyclic amines) is 1. The highest BCUT2D eigenvalue weighted by Gasteiger charge is 2.38. The van der Waals surface area contributed by atoms with Crippen molar-refractivity contribution < 1.29 is 14.1 Å². The van der Waals surface area contributed by atoms with Crippen LogP contribution in [0.4, 0.5) is 0 Å². The molecule has 2 heterocycles. The first-order chi connectivity index (χ1) is 12.7. The summed E-state index contributed by atoms with van der Waals surface area (Å²) >= 11 is 0. The molecular weight excluding hydrogens is 332 g/mol. The molecule has 1 saturated carbocycles. The van der Waals surface area contributed by atoms with E-state index in [4.69, 9.17) is 4.52 Å². The average Bonchev–Trinajstić information content (AvgIpc) is 3.40. The first-order valence-electron chi connectivity index (χ1n) is 9.16. The summed E-state index contributed by atoms with van der Waals surface area (Å²) in [5.41, 5.74) is 0.901. The Kier molecular flexibility index (Phi) is 4.69. The van der Waals surface area contributed by atoms with Crippen molar-refractivity contribution in [2.45, 2.75) is 38.1 Å². The molecule has 0 radical (unpaired) electrons. The Hall–Kier alpha value is -2.70. The molecule has 4 rings (SSSR count). The maximum absolute atomic E-state index is 12.4. The van der Waals surface area contributed by atoms with Crippen molar-refractivity contribution in [3.8, 4) is 11.4 Å². The molecule has 7 heteroatoms. The van der Waals surface area contributed by atoms with Gasteiger partial charge in [-0.1, -0.05) is 35.5 Å². The number of hydrogen-bond acceptors (Lipinski definition) is 5. The molecule has 1 N–H and O–H groups in total. The lowest BCUT2D eigenvalue weighted by atomic mass is 9.96. The maximum Gasteiger partial charge on any atom is 0.228 e. The highest BCUT2D eigenvalue weighted by molar-refractivity contribution is 5.84. The van der Waals surface area contributed by atoms with Gasteiger partial charge in [-0.2, -0.15) is 4.98 Å². The van der Waals surface area contributed by atoms with Gasteiger partial charge in [0.15, 0.2) is 0 Å². The maximum atomic E-state index is 12.4. The monoisotopic (exact) mass is 354 g/mol. The molecule has 0 bridgehead atoms. The van der Waals surface area contributed by atoms with Crippen molar-refractivity contribution in [2.24, 2.45) is 5.92 Å². The summed E-state index contributed by atoms with van der Waals surface area (Å²) in [5.74, 6) is 1.14. The zero-order valence-electron chi connectivity index (χ0n) is 14.6. The van der Waals surface area contributed by atoms with E-state index in [9.17, 15) is 9.59 Å². The summed E-state index contributed by atoms with van der Waals surface area (Å²) in [6.45, 7) is 0.997. The van der Waals surface area contributed by atoms with Crippen LogP contribution in [-0.4, -0.2) is 46.0 Å². The van der Waals surface area contributed by atoms with E-state index >= 15 is 0 Å². The van der Waals surface area contributed by atoms with Crippen LogP contribution in [0.3, 0.4) is 0 Å². The smallest absolute Gasteiger partial charge is 0.228 e. The highest BCUT2D eigenvalue weighted by atomic mass is 16.5. The molecule has 2 amide bonds. The van der Waals surface area contributed by atoms with E-state index in [1.165, 1.54) is 0 Å². The summed E-state index contributed by atoms with van der Waals surface area (Å²) < 4.78 is 5.25. The lowest BCUT2D eigenvalue weighted by Gasteiger charge is -2.32. The Morgan fingerprint density at radius 1 is 1.23 bits per heavy atom. The lowest BCUT2D eigenvalue weighted by molar-refractivity contribution is -0.138. The molecule has 2 fully saturated rings. The van der Waals surface area contributed by atoms with Crippen LogP contribution in [0.15, 0.2) is 34.9 Å². The molecule has 1 aromatic carbocycles. The zero-order chi connectivity index (χ0) is 17.9. The van der Waals surface area contributed by atoms with Crippen LogP contribution in [0.5, 0.6) is 0 Å². The number of piperidine rings is 1. The van der Waals surface area contributed by atoms with Crippen molar-refractivity contribution in [3.05, 3.63) is 36.2 Å². The average molecular weight is 354 g/mol. The van der Waals surface area contributed by atoms with Gasteiger partial charge in [-0.25, -0.2) is 0 Å². The number of carbonyl (C=O) groups excluding carboxylic acids is 2. The van der Waals surface area contributed by atoms with E-state index in [-0.39, 0.29) is 17.7 Å². The molecule has 1 aliphatic heterocycles. The normalized spacial score (nSPS) is 20.2. The summed E-state index contributed by atoms with van der Waals surface area (Å²) in [6.07, 6.45) is 3.73. The van der Waals surface area contributed by atoms with Gasteiger partial charge in [0.2, 0.25) is 23.5 Å². The Labute approximate surface area is 151 Å². The second-order valence-electron chi connectivity index (χ2n) is 6.93. The third-order valence-corrected chi connectivity index (χ3v) is 4.94. The fraction of sp³-hybridized carbons (Fsp3) is 0.474. The SMILES string of the molecule is O=C(NCCc1nc(-c2ccccc2)no1)[C@@H]1CCC(=O)N(C2CC2)C1. The number of carbonyl (C=O) groups is 2. The minimum atomic E-state index is -0.115. The minimum absolute atomic E-state index is 0.00551. The molecule has 1 aliphatic carbocycles. The topological polar surface area (TPSA) is 88.3 Å². The van der Waals surface area contributed by atoms with Gasteiger partial charge < -0.3 is 14.7 Å². The van der Waals surface area contributed by atoms with Crippen LogP contribution in [0.25, 0.3) is 11.4 Å². The zero-order valence-corrected chi connectivity index (χ0v) is 14.6. The number of aromatic nitrogens is 2. The van der Waals surface area contributed by atoms with Gasteiger partial charge in [-0.3, -0.25) is 9.59 Å². The third kappa shape index (κ3) is 3.76. The summed E-state index contributed by atoms with van der Waals surface area (Å²) in [7, 11) is 0. The number of benzene rings is 1. The van der Waals surface area contributed by atoms with Crippen molar-refractivity contribution in [3.63, 3.8) is 0 Å². The van der Waals surface area contributed by atoms with Crippen LogP contribution in [0.2, 0.25) is 0 Å². The lowest BCUT2D eigenvalue weighted by Crippen LogP contribution is -2.46. The van der Waals surface area contributed by atoms with Crippen molar-refractivity contribution in [2.75, 3.05) is 13.1 Å². The number of rotatable bonds is 6. The van der Waals surface area contributed by atoms with E-state index in [0.29, 0.717) is 50.1 Å². The van der Waals surface area contributed by atoms with E-state index in [1.54, 1.807) is 0 Å². The van der Waals surface area contributed by atoms with E-state index in [1.807, 2.05) is 35.2 Å². The predicted octanol–water partition coefficient (Wildman–Crippen LogP) is 1.80.